The van der Waals surface area contributed by atoms with Crippen LogP contribution in [-0.4, -0.2) is 41.8 Å². The van der Waals surface area contributed by atoms with Crippen LogP contribution in [0.15, 0.2) is 49.1 Å². The van der Waals surface area contributed by atoms with Crippen LogP contribution in [-0.2, 0) is 24.8 Å². The van der Waals surface area contributed by atoms with Crippen LogP contribution in [0, 0.1) is 10.1 Å². The van der Waals surface area contributed by atoms with Crippen molar-refractivity contribution in [1.29, 1.82) is 0 Å². The molecule has 142 valence electrons. The molecule has 2 aromatic heterocycles. The molecule has 0 spiro atoms. The lowest BCUT2D eigenvalue weighted by Gasteiger charge is -2.29. The van der Waals surface area contributed by atoms with E-state index in [9.17, 15) is 14.9 Å². The highest BCUT2D eigenvalue weighted by Gasteiger charge is 2.26. The second-order valence-electron chi connectivity index (χ2n) is 6.62. The summed E-state index contributed by atoms with van der Waals surface area (Å²) in [5.41, 5.74) is 3.11. The molecule has 3 heterocycles. The number of benzene rings is 1. The molecule has 28 heavy (non-hydrogen) atoms. The molecule has 0 saturated carbocycles. The average Bonchev–Trinajstić information content (AvgIpc) is 3.34. The fraction of sp³-hybridized carbons (Fsp3) is 0.211. The van der Waals surface area contributed by atoms with E-state index in [2.05, 4.69) is 16.3 Å². The summed E-state index contributed by atoms with van der Waals surface area (Å²) < 4.78 is 2.88. The van der Waals surface area contributed by atoms with Gasteiger partial charge in [-0.05, 0) is 23.6 Å². The number of carbonyl (C=O) groups excluding carboxylic acids is 1. The van der Waals surface area contributed by atoms with Crippen LogP contribution in [0.1, 0.15) is 16.7 Å². The Kier molecular flexibility index (Phi) is 4.48. The lowest BCUT2D eigenvalue weighted by Crippen LogP contribution is -2.37. The first-order chi connectivity index (χ1) is 13.5. The highest BCUT2D eigenvalue weighted by atomic mass is 16.6. The van der Waals surface area contributed by atoms with E-state index in [1.54, 1.807) is 35.1 Å². The third-order valence-electron chi connectivity index (χ3n) is 4.69. The molecule has 0 bridgehead atoms. The SMILES string of the molecule is Cn1cc(C=C(C(=O)N2CCc3ccccc3C2)n2cc([N+](=O)[O-])cn2)cn1. The van der Waals surface area contributed by atoms with Gasteiger partial charge in [0.25, 0.3) is 5.91 Å². The Bertz CT molecular complexity index is 1080. The van der Waals surface area contributed by atoms with Gasteiger partial charge in [0.1, 0.15) is 18.1 Å². The van der Waals surface area contributed by atoms with Crippen molar-refractivity contribution >= 4 is 23.4 Å². The highest BCUT2D eigenvalue weighted by Crippen LogP contribution is 2.23. The van der Waals surface area contributed by atoms with Crippen LogP contribution in [0.4, 0.5) is 5.69 Å². The van der Waals surface area contributed by atoms with E-state index in [0.29, 0.717) is 18.7 Å². The molecule has 0 fully saturated rings. The van der Waals surface area contributed by atoms with Crippen molar-refractivity contribution in [1.82, 2.24) is 24.5 Å². The van der Waals surface area contributed by atoms with Gasteiger partial charge in [-0.3, -0.25) is 19.6 Å². The molecule has 1 aromatic carbocycles. The smallest absolute Gasteiger partial charge is 0.307 e. The minimum absolute atomic E-state index is 0.172. The van der Waals surface area contributed by atoms with Crippen LogP contribution in [0.25, 0.3) is 11.8 Å². The van der Waals surface area contributed by atoms with Gasteiger partial charge in [-0.25, -0.2) is 4.68 Å². The quantitative estimate of drug-likeness (QED) is 0.393. The molecule has 0 aliphatic carbocycles. The van der Waals surface area contributed by atoms with Crippen LogP contribution in [0.3, 0.4) is 0 Å². The van der Waals surface area contributed by atoms with E-state index in [1.165, 1.54) is 16.4 Å². The molecule has 3 aromatic rings. The Morgan fingerprint density at radius 3 is 2.64 bits per heavy atom. The van der Waals surface area contributed by atoms with Crippen LogP contribution < -0.4 is 0 Å². The summed E-state index contributed by atoms with van der Waals surface area (Å²) in [6.45, 7) is 1.06. The maximum absolute atomic E-state index is 13.3. The summed E-state index contributed by atoms with van der Waals surface area (Å²) in [6.07, 6.45) is 8.18. The van der Waals surface area contributed by atoms with Gasteiger partial charge in [0.2, 0.25) is 0 Å². The lowest BCUT2D eigenvalue weighted by molar-refractivity contribution is -0.384. The maximum atomic E-state index is 13.3. The normalized spacial score (nSPS) is 14.0. The minimum atomic E-state index is -0.535. The number of carbonyl (C=O) groups is 1. The zero-order chi connectivity index (χ0) is 19.7. The first-order valence-electron chi connectivity index (χ1n) is 8.77. The number of rotatable bonds is 4. The largest absolute Gasteiger partial charge is 0.333 e. The summed E-state index contributed by atoms with van der Waals surface area (Å²) in [5, 5.41) is 19.2. The summed E-state index contributed by atoms with van der Waals surface area (Å²) in [7, 11) is 1.78. The van der Waals surface area contributed by atoms with Gasteiger partial charge in [0, 0.05) is 31.9 Å². The first kappa shape index (κ1) is 17.7. The van der Waals surface area contributed by atoms with Crippen molar-refractivity contribution in [3.8, 4) is 0 Å². The molecule has 0 unspecified atom stereocenters. The van der Waals surface area contributed by atoms with Crippen molar-refractivity contribution in [3.05, 3.63) is 75.9 Å². The average molecular weight is 378 g/mol. The second kappa shape index (κ2) is 7.10. The Labute approximate surface area is 160 Å². The fourth-order valence-electron chi connectivity index (χ4n) is 3.27. The summed E-state index contributed by atoms with van der Waals surface area (Å²) >= 11 is 0. The molecule has 9 heteroatoms. The van der Waals surface area contributed by atoms with E-state index < -0.39 is 4.92 Å². The van der Waals surface area contributed by atoms with E-state index in [0.717, 1.165) is 18.2 Å². The van der Waals surface area contributed by atoms with Gasteiger partial charge in [0.05, 0.1) is 11.1 Å². The monoisotopic (exact) mass is 378 g/mol. The van der Waals surface area contributed by atoms with Crippen molar-refractivity contribution in [2.45, 2.75) is 13.0 Å². The number of amides is 1. The molecular formula is C19H18N6O3. The Morgan fingerprint density at radius 2 is 1.96 bits per heavy atom. The van der Waals surface area contributed by atoms with Crippen LogP contribution in [0.2, 0.25) is 0 Å². The van der Waals surface area contributed by atoms with Crippen molar-refractivity contribution < 1.29 is 9.72 Å². The second-order valence-corrected chi connectivity index (χ2v) is 6.62. The number of fused-ring (bicyclic) bond motifs is 1. The molecule has 0 radical (unpaired) electrons. The highest BCUT2D eigenvalue weighted by molar-refractivity contribution is 6.18. The predicted octanol–water partition coefficient (Wildman–Crippen LogP) is 2.11. The van der Waals surface area contributed by atoms with Gasteiger partial charge in [-0.15, -0.1) is 0 Å². The molecule has 0 N–H and O–H groups in total. The number of aryl methyl sites for hydroxylation is 1. The minimum Gasteiger partial charge on any atom is -0.333 e. The van der Waals surface area contributed by atoms with Crippen molar-refractivity contribution in [3.63, 3.8) is 0 Å². The van der Waals surface area contributed by atoms with Crippen molar-refractivity contribution in [2.75, 3.05) is 6.54 Å². The zero-order valence-corrected chi connectivity index (χ0v) is 15.2. The number of nitro groups is 1. The lowest BCUT2D eigenvalue weighted by atomic mass is 9.99. The number of nitrogens with zero attached hydrogens (tertiary/aromatic N) is 6. The Balaban J connectivity index is 1.69. The topological polar surface area (TPSA) is 99.1 Å². The number of hydrogen-bond donors (Lipinski definition) is 0. The molecular weight excluding hydrogens is 360 g/mol. The molecule has 4 rings (SSSR count). The van der Waals surface area contributed by atoms with E-state index >= 15 is 0 Å². The van der Waals surface area contributed by atoms with E-state index in [1.807, 2.05) is 18.2 Å². The first-order valence-corrected chi connectivity index (χ1v) is 8.77. The molecule has 1 aliphatic heterocycles. The molecule has 1 aliphatic rings. The van der Waals surface area contributed by atoms with Gasteiger partial charge in [-0.2, -0.15) is 10.2 Å². The zero-order valence-electron chi connectivity index (χ0n) is 15.2. The molecule has 0 atom stereocenters. The Hall–Kier alpha value is -3.75. The van der Waals surface area contributed by atoms with Gasteiger partial charge in [0.15, 0.2) is 0 Å². The standard InChI is InChI=1S/C19H18N6O3/c1-22-11-14(9-20-22)8-18(24-13-17(10-21-24)25(27)28)19(26)23-7-6-15-4-2-3-5-16(15)12-23/h2-5,8-11,13H,6-7,12H2,1H3. The number of aromatic nitrogens is 4. The van der Waals surface area contributed by atoms with Gasteiger partial charge >= 0.3 is 5.69 Å². The van der Waals surface area contributed by atoms with Crippen molar-refractivity contribution in [2.24, 2.45) is 7.05 Å². The summed E-state index contributed by atoms with van der Waals surface area (Å²) in [5.74, 6) is -0.239. The fourth-order valence-corrected chi connectivity index (χ4v) is 3.27. The molecule has 0 saturated heterocycles. The van der Waals surface area contributed by atoms with E-state index in [4.69, 9.17) is 0 Å². The Morgan fingerprint density at radius 1 is 1.18 bits per heavy atom. The van der Waals surface area contributed by atoms with Gasteiger partial charge < -0.3 is 4.90 Å². The molecule has 9 nitrogen and oxygen atoms in total. The van der Waals surface area contributed by atoms with Gasteiger partial charge in [-0.1, -0.05) is 24.3 Å². The third kappa shape index (κ3) is 3.41. The summed E-state index contributed by atoms with van der Waals surface area (Å²) in [4.78, 5) is 25.5. The predicted molar refractivity (Wildman–Crippen MR) is 102 cm³/mol. The molecule has 1 amide bonds. The third-order valence-corrected chi connectivity index (χ3v) is 4.69. The maximum Gasteiger partial charge on any atom is 0.307 e. The number of hydrogen-bond acceptors (Lipinski definition) is 5. The van der Waals surface area contributed by atoms with E-state index in [-0.39, 0.29) is 17.3 Å². The van der Waals surface area contributed by atoms with Crippen LogP contribution in [0.5, 0.6) is 0 Å². The van der Waals surface area contributed by atoms with Crippen LogP contribution >= 0.6 is 0 Å². The summed E-state index contributed by atoms with van der Waals surface area (Å²) in [6, 6.07) is 8.03.